The topological polar surface area (TPSA) is 107 Å². The molecule has 2 amide bonds. The molecule has 1 fully saturated rings. The van der Waals surface area contributed by atoms with Crippen LogP contribution in [0, 0.1) is 0 Å². The first-order valence-corrected chi connectivity index (χ1v) is 6.84. The lowest BCUT2D eigenvalue weighted by atomic mass is 10.2. The molecule has 1 saturated heterocycles. The average Bonchev–Trinajstić information content (AvgIpc) is 2.25. The Hall–Kier alpha value is -1.44. The molecule has 0 aromatic heterocycles. The van der Waals surface area contributed by atoms with E-state index in [-0.39, 0.29) is 4.75 Å². The first-order valence-electron chi connectivity index (χ1n) is 5.85. The van der Waals surface area contributed by atoms with Crippen molar-refractivity contribution in [2.45, 2.75) is 31.1 Å². The zero-order valence-corrected chi connectivity index (χ0v) is 11.7. The molecule has 3 N–H and O–H groups in total. The van der Waals surface area contributed by atoms with Crippen molar-refractivity contribution < 1.29 is 24.6 Å². The fraction of sp³-hybridized carbons (Fsp3) is 0.727. The van der Waals surface area contributed by atoms with E-state index in [1.54, 1.807) is 11.8 Å². The van der Waals surface area contributed by atoms with E-state index in [0.29, 0.717) is 13.1 Å². The van der Waals surface area contributed by atoms with Gasteiger partial charge in [0.15, 0.2) is 0 Å². The van der Waals surface area contributed by atoms with Gasteiger partial charge in [0.05, 0.1) is 6.42 Å². The van der Waals surface area contributed by atoms with E-state index < -0.39 is 30.4 Å². The number of thioether (sulfide) groups is 1. The quantitative estimate of drug-likeness (QED) is 0.694. The molecule has 0 spiro atoms. The molecule has 1 aliphatic rings. The number of carboxylic acid groups (broad SMARTS) is 2. The molecule has 0 aromatic carbocycles. The number of hydrogen-bond donors (Lipinski definition) is 3. The Bertz CT molecular complexity index is 385. The molecule has 108 valence electrons. The molecule has 1 rings (SSSR count). The van der Waals surface area contributed by atoms with Gasteiger partial charge in [-0.3, -0.25) is 4.79 Å². The van der Waals surface area contributed by atoms with Crippen molar-refractivity contribution in [1.29, 1.82) is 0 Å². The van der Waals surface area contributed by atoms with Crippen LogP contribution in [0.1, 0.15) is 20.3 Å². The van der Waals surface area contributed by atoms with Crippen molar-refractivity contribution in [2.24, 2.45) is 0 Å². The van der Waals surface area contributed by atoms with E-state index in [1.807, 2.05) is 13.8 Å². The van der Waals surface area contributed by atoms with Crippen molar-refractivity contribution in [3.05, 3.63) is 0 Å². The summed E-state index contributed by atoms with van der Waals surface area (Å²) >= 11 is 1.75. The van der Waals surface area contributed by atoms with E-state index in [9.17, 15) is 14.4 Å². The molecule has 0 unspecified atom stereocenters. The van der Waals surface area contributed by atoms with Crippen LogP contribution in [0.15, 0.2) is 0 Å². The standard InChI is InChI=1S/C11H18N2O5S/c1-11(2)6-13(3-4-19-11)10(18)12-7(9(16)17)5-8(14)15/h7H,3-6H2,1-2H3,(H,12,18)(H,14,15)(H,16,17)/t7-/m0/s1. The molecular weight excluding hydrogens is 272 g/mol. The van der Waals surface area contributed by atoms with Crippen LogP contribution in [0.2, 0.25) is 0 Å². The number of nitrogens with one attached hydrogen (secondary N) is 1. The molecule has 19 heavy (non-hydrogen) atoms. The monoisotopic (exact) mass is 290 g/mol. The van der Waals surface area contributed by atoms with Gasteiger partial charge in [0.2, 0.25) is 0 Å². The normalized spacial score (nSPS) is 19.6. The SMILES string of the molecule is CC1(C)CN(C(=O)N[C@@H](CC(=O)O)C(=O)O)CCS1. The van der Waals surface area contributed by atoms with E-state index in [1.165, 1.54) is 4.90 Å². The first kappa shape index (κ1) is 15.6. The summed E-state index contributed by atoms with van der Waals surface area (Å²) in [6.45, 7) is 5.04. The second-order valence-corrected chi connectivity index (χ2v) is 6.77. The number of aliphatic carboxylic acids is 2. The van der Waals surface area contributed by atoms with E-state index >= 15 is 0 Å². The molecular formula is C11H18N2O5S. The summed E-state index contributed by atoms with van der Waals surface area (Å²) in [5, 5.41) is 19.7. The van der Waals surface area contributed by atoms with Gasteiger partial charge in [-0.1, -0.05) is 0 Å². The fourth-order valence-corrected chi connectivity index (χ4v) is 2.92. The van der Waals surface area contributed by atoms with Gasteiger partial charge in [0.1, 0.15) is 6.04 Å². The minimum atomic E-state index is -1.40. The smallest absolute Gasteiger partial charge is 0.326 e. The zero-order chi connectivity index (χ0) is 14.6. The Morgan fingerprint density at radius 3 is 2.47 bits per heavy atom. The van der Waals surface area contributed by atoms with Gasteiger partial charge in [-0.05, 0) is 13.8 Å². The second kappa shape index (κ2) is 6.14. The molecule has 1 atom stereocenters. The van der Waals surface area contributed by atoms with Gasteiger partial charge in [-0.25, -0.2) is 9.59 Å². The lowest BCUT2D eigenvalue weighted by molar-refractivity contribution is -0.145. The van der Waals surface area contributed by atoms with Gasteiger partial charge >= 0.3 is 18.0 Å². The fourth-order valence-electron chi connectivity index (χ4n) is 1.80. The molecule has 0 radical (unpaired) electrons. The number of carboxylic acids is 2. The molecule has 1 aliphatic heterocycles. The van der Waals surface area contributed by atoms with Crippen LogP contribution in [-0.4, -0.2) is 62.7 Å². The van der Waals surface area contributed by atoms with Crippen LogP contribution in [0.25, 0.3) is 0 Å². The maximum absolute atomic E-state index is 11.9. The van der Waals surface area contributed by atoms with E-state index in [4.69, 9.17) is 10.2 Å². The molecule has 0 bridgehead atoms. The Morgan fingerprint density at radius 1 is 1.37 bits per heavy atom. The highest BCUT2D eigenvalue weighted by molar-refractivity contribution is 8.00. The van der Waals surface area contributed by atoms with Crippen molar-refractivity contribution in [2.75, 3.05) is 18.8 Å². The van der Waals surface area contributed by atoms with E-state index in [2.05, 4.69) is 5.32 Å². The third-order valence-electron chi connectivity index (χ3n) is 2.69. The highest BCUT2D eigenvalue weighted by Gasteiger charge is 2.32. The van der Waals surface area contributed by atoms with Crippen LogP contribution in [0.3, 0.4) is 0 Å². The molecule has 0 aromatic rings. The van der Waals surface area contributed by atoms with Gasteiger partial charge in [0, 0.05) is 23.6 Å². The van der Waals surface area contributed by atoms with Crippen LogP contribution in [-0.2, 0) is 9.59 Å². The second-order valence-electron chi connectivity index (χ2n) is 4.97. The lowest BCUT2D eigenvalue weighted by Gasteiger charge is -2.37. The highest BCUT2D eigenvalue weighted by atomic mass is 32.2. The maximum Gasteiger partial charge on any atom is 0.326 e. The zero-order valence-electron chi connectivity index (χ0n) is 10.9. The summed E-state index contributed by atoms with van der Waals surface area (Å²) < 4.78 is -0.0822. The minimum Gasteiger partial charge on any atom is -0.481 e. The highest BCUT2D eigenvalue weighted by Crippen LogP contribution is 2.29. The summed E-state index contributed by atoms with van der Waals surface area (Å²) in [5.74, 6) is -1.83. The number of carbonyl (C=O) groups excluding carboxylic acids is 1. The number of amides is 2. The van der Waals surface area contributed by atoms with Gasteiger partial charge in [-0.2, -0.15) is 11.8 Å². The third kappa shape index (κ3) is 4.98. The molecule has 1 heterocycles. The van der Waals surface area contributed by atoms with Gasteiger partial charge in [0.25, 0.3) is 0 Å². The Kier molecular flexibility index (Phi) is 5.04. The lowest BCUT2D eigenvalue weighted by Crippen LogP contribution is -2.54. The Labute approximate surface area is 115 Å². The molecule has 8 heteroatoms. The maximum atomic E-state index is 11.9. The number of rotatable bonds is 4. The third-order valence-corrected chi connectivity index (χ3v) is 3.98. The number of nitrogens with zero attached hydrogens (tertiary/aromatic N) is 1. The Balaban J connectivity index is 2.61. The van der Waals surface area contributed by atoms with Crippen molar-refractivity contribution in [1.82, 2.24) is 10.2 Å². The number of urea groups is 1. The van der Waals surface area contributed by atoms with Crippen LogP contribution in [0.4, 0.5) is 4.79 Å². The number of hydrogen-bond acceptors (Lipinski definition) is 4. The summed E-state index contributed by atoms with van der Waals surface area (Å²) in [4.78, 5) is 34.9. The summed E-state index contributed by atoms with van der Waals surface area (Å²) in [7, 11) is 0. The Morgan fingerprint density at radius 2 is 2.00 bits per heavy atom. The van der Waals surface area contributed by atoms with Gasteiger partial charge < -0.3 is 20.4 Å². The predicted octanol–water partition coefficient (Wildman–Crippen LogP) is 0.451. The van der Waals surface area contributed by atoms with Crippen molar-refractivity contribution in [3.8, 4) is 0 Å². The minimum absolute atomic E-state index is 0.0822. The largest absolute Gasteiger partial charge is 0.481 e. The summed E-state index contributed by atoms with van der Waals surface area (Å²) in [6.07, 6.45) is -0.632. The molecule has 0 aliphatic carbocycles. The van der Waals surface area contributed by atoms with Crippen LogP contribution >= 0.6 is 11.8 Å². The number of carbonyl (C=O) groups is 3. The molecule has 7 nitrogen and oxygen atoms in total. The van der Waals surface area contributed by atoms with Crippen molar-refractivity contribution in [3.63, 3.8) is 0 Å². The molecule has 0 saturated carbocycles. The van der Waals surface area contributed by atoms with E-state index in [0.717, 1.165) is 5.75 Å². The summed E-state index contributed by atoms with van der Waals surface area (Å²) in [6, 6.07) is -1.93. The van der Waals surface area contributed by atoms with Crippen LogP contribution in [0.5, 0.6) is 0 Å². The van der Waals surface area contributed by atoms with Crippen LogP contribution < -0.4 is 5.32 Å². The first-order chi connectivity index (χ1) is 8.71. The summed E-state index contributed by atoms with van der Waals surface area (Å²) in [5.41, 5.74) is 0. The van der Waals surface area contributed by atoms with Gasteiger partial charge in [-0.15, -0.1) is 0 Å². The van der Waals surface area contributed by atoms with Crippen molar-refractivity contribution >= 4 is 29.7 Å². The average molecular weight is 290 g/mol. The predicted molar refractivity (Wildman–Crippen MR) is 70.3 cm³/mol.